The number of rotatable bonds is 3. The molecule has 19 heavy (non-hydrogen) atoms. The molecule has 0 aliphatic carbocycles. The predicted octanol–water partition coefficient (Wildman–Crippen LogP) is 4.18. The Labute approximate surface area is 112 Å². The van der Waals surface area contributed by atoms with Gasteiger partial charge in [-0.05, 0) is 11.6 Å². The minimum Gasteiger partial charge on any atom is -0.294 e. The highest BCUT2D eigenvalue weighted by Crippen LogP contribution is 2.20. The molecule has 1 nitrogen and oxygen atoms in total. The van der Waals surface area contributed by atoms with Crippen LogP contribution >= 0.6 is 11.6 Å². The third-order valence-corrected chi connectivity index (χ3v) is 2.96. The lowest BCUT2D eigenvalue weighted by atomic mass is 10.0. The Bertz CT molecular complexity index is 617. The van der Waals surface area contributed by atoms with E-state index in [-0.39, 0.29) is 6.42 Å². The largest absolute Gasteiger partial charge is 0.294 e. The van der Waals surface area contributed by atoms with E-state index in [0.29, 0.717) is 22.7 Å². The Morgan fingerprint density at radius 1 is 1.05 bits per heavy atom. The van der Waals surface area contributed by atoms with E-state index < -0.39 is 28.8 Å². The van der Waals surface area contributed by atoms with E-state index in [2.05, 4.69) is 0 Å². The van der Waals surface area contributed by atoms with Gasteiger partial charge in [0, 0.05) is 23.6 Å². The summed E-state index contributed by atoms with van der Waals surface area (Å²) in [5, 5.41) is 0.332. The van der Waals surface area contributed by atoms with Gasteiger partial charge in [0.25, 0.3) is 0 Å². The van der Waals surface area contributed by atoms with Gasteiger partial charge in [0.2, 0.25) is 0 Å². The van der Waals surface area contributed by atoms with Gasteiger partial charge in [0.1, 0.15) is 17.5 Å². The first-order chi connectivity index (χ1) is 8.99. The summed E-state index contributed by atoms with van der Waals surface area (Å²) in [5.74, 6) is -4.28. The lowest BCUT2D eigenvalue weighted by Gasteiger charge is -2.06. The fraction of sp³-hybridized carbons (Fsp3) is 0.0714. The Hall–Kier alpha value is -1.81. The van der Waals surface area contributed by atoms with Gasteiger partial charge in [-0.2, -0.15) is 0 Å². The molecule has 0 saturated heterocycles. The van der Waals surface area contributed by atoms with Crippen LogP contribution in [-0.2, 0) is 6.42 Å². The van der Waals surface area contributed by atoms with Crippen molar-refractivity contribution in [1.82, 2.24) is 0 Å². The predicted molar refractivity (Wildman–Crippen MR) is 65.8 cm³/mol. The van der Waals surface area contributed by atoms with Crippen LogP contribution in [0.25, 0.3) is 0 Å². The molecule has 2 rings (SSSR count). The van der Waals surface area contributed by atoms with Crippen molar-refractivity contribution in [3.8, 4) is 0 Å². The Kier molecular flexibility index (Phi) is 3.90. The number of halogens is 4. The Balaban J connectivity index is 2.34. The molecule has 0 spiro atoms. The van der Waals surface area contributed by atoms with E-state index in [9.17, 15) is 18.0 Å². The van der Waals surface area contributed by atoms with Gasteiger partial charge in [-0.15, -0.1) is 0 Å². The Morgan fingerprint density at radius 2 is 1.63 bits per heavy atom. The van der Waals surface area contributed by atoms with Crippen LogP contribution in [0.15, 0.2) is 36.4 Å². The van der Waals surface area contributed by atoms with E-state index in [1.54, 1.807) is 24.3 Å². The van der Waals surface area contributed by atoms with Crippen LogP contribution < -0.4 is 0 Å². The molecule has 0 N–H and O–H groups in total. The van der Waals surface area contributed by atoms with Crippen molar-refractivity contribution in [2.45, 2.75) is 6.42 Å². The number of ketones is 1. The summed E-state index contributed by atoms with van der Waals surface area (Å²) in [5.41, 5.74) is -0.293. The van der Waals surface area contributed by atoms with Crippen molar-refractivity contribution in [2.75, 3.05) is 0 Å². The second-order valence-corrected chi connectivity index (χ2v) is 4.34. The van der Waals surface area contributed by atoms with Crippen LogP contribution in [0.2, 0.25) is 5.02 Å². The zero-order valence-electron chi connectivity index (χ0n) is 9.59. The van der Waals surface area contributed by atoms with Crippen LogP contribution in [-0.4, -0.2) is 5.78 Å². The van der Waals surface area contributed by atoms with E-state index in [4.69, 9.17) is 11.6 Å². The fourth-order valence-corrected chi connectivity index (χ4v) is 1.91. The lowest BCUT2D eigenvalue weighted by Crippen LogP contribution is -2.10. The molecular formula is C14H8ClF3O. The third-order valence-electron chi connectivity index (χ3n) is 2.59. The van der Waals surface area contributed by atoms with Gasteiger partial charge in [0.15, 0.2) is 5.78 Å². The molecule has 0 heterocycles. The number of hydrogen-bond acceptors (Lipinski definition) is 1. The minimum atomic E-state index is -1.21. The first-order valence-electron chi connectivity index (χ1n) is 5.40. The molecule has 0 aromatic heterocycles. The maximum Gasteiger partial charge on any atom is 0.173 e. The van der Waals surface area contributed by atoms with Crippen LogP contribution in [0.3, 0.4) is 0 Å². The number of hydrogen-bond donors (Lipinski definition) is 0. The lowest BCUT2D eigenvalue weighted by molar-refractivity contribution is 0.0984. The van der Waals surface area contributed by atoms with Crippen molar-refractivity contribution < 1.29 is 18.0 Å². The highest BCUT2D eigenvalue weighted by atomic mass is 35.5. The minimum absolute atomic E-state index is 0.251. The van der Waals surface area contributed by atoms with Crippen LogP contribution in [0.5, 0.6) is 0 Å². The van der Waals surface area contributed by atoms with E-state index >= 15 is 0 Å². The molecule has 0 bridgehead atoms. The summed E-state index contributed by atoms with van der Waals surface area (Å²) in [4.78, 5) is 11.9. The summed E-state index contributed by atoms with van der Waals surface area (Å²) in [6, 6.07) is 7.44. The second kappa shape index (κ2) is 5.45. The van der Waals surface area contributed by atoms with Crippen molar-refractivity contribution in [1.29, 1.82) is 0 Å². The van der Waals surface area contributed by atoms with Crippen molar-refractivity contribution in [3.63, 3.8) is 0 Å². The molecule has 5 heteroatoms. The molecule has 2 aromatic carbocycles. The van der Waals surface area contributed by atoms with Gasteiger partial charge in [0.05, 0.1) is 5.56 Å². The van der Waals surface area contributed by atoms with Crippen LogP contribution in [0.4, 0.5) is 13.2 Å². The van der Waals surface area contributed by atoms with Gasteiger partial charge in [-0.3, -0.25) is 4.79 Å². The maximum atomic E-state index is 13.4. The zero-order chi connectivity index (χ0) is 14.0. The van der Waals surface area contributed by atoms with Gasteiger partial charge < -0.3 is 0 Å². The van der Waals surface area contributed by atoms with Gasteiger partial charge in [-0.25, -0.2) is 13.2 Å². The summed E-state index contributed by atoms with van der Waals surface area (Å²) in [6.45, 7) is 0. The van der Waals surface area contributed by atoms with E-state index in [1.807, 2.05) is 0 Å². The highest BCUT2D eigenvalue weighted by molar-refractivity contribution is 6.31. The van der Waals surface area contributed by atoms with Crippen LogP contribution in [0.1, 0.15) is 15.9 Å². The number of benzene rings is 2. The molecule has 0 amide bonds. The summed E-state index contributed by atoms with van der Waals surface area (Å²) < 4.78 is 39.6. The first kappa shape index (κ1) is 13.6. The maximum absolute atomic E-state index is 13.4. The third kappa shape index (κ3) is 2.96. The number of carbonyl (C=O) groups is 1. The Morgan fingerprint density at radius 3 is 2.21 bits per heavy atom. The molecule has 0 atom stereocenters. The fourth-order valence-electron chi connectivity index (χ4n) is 1.71. The summed E-state index contributed by atoms with van der Waals surface area (Å²) in [7, 11) is 0. The molecule has 98 valence electrons. The normalized spacial score (nSPS) is 10.5. The van der Waals surface area contributed by atoms with Crippen LogP contribution in [0, 0.1) is 17.5 Å². The standard InChI is InChI=1S/C14H8ClF3O/c15-10-4-2-1-3-8(10)5-13(19)14-11(17)6-9(16)7-12(14)18/h1-4,6-7H,5H2. The van der Waals surface area contributed by atoms with Crippen molar-refractivity contribution in [3.05, 3.63) is 70.0 Å². The quantitative estimate of drug-likeness (QED) is 0.773. The van der Waals surface area contributed by atoms with E-state index in [0.717, 1.165) is 0 Å². The SMILES string of the molecule is O=C(Cc1ccccc1Cl)c1c(F)cc(F)cc1F. The van der Waals surface area contributed by atoms with Crippen molar-refractivity contribution >= 4 is 17.4 Å². The number of carbonyl (C=O) groups excluding carboxylic acids is 1. The molecule has 0 fully saturated rings. The monoisotopic (exact) mass is 284 g/mol. The topological polar surface area (TPSA) is 17.1 Å². The zero-order valence-corrected chi connectivity index (χ0v) is 10.3. The highest BCUT2D eigenvalue weighted by Gasteiger charge is 2.19. The molecule has 0 radical (unpaired) electrons. The second-order valence-electron chi connectivity index (χ2n) is 3.94. The molecule has 2 aromatic rings. The first-order valence-corrected chi connectivity index (χ1v) is 5.78. The molecular weight excluding hydrogens is 277 g/mol. The smallest absolute Gasteiger partial charge is 0.173 e. The van der Waals surface area contributed by atoms with E-state index in [1.165, 1.54) is 0 Å². The average Bonchev–Trinajstić information content (AvgIpc) is 2.30. The molecule has 0 unspecified atom stereocenters. The number of Topliss-reactive ketones (excluding diaryl/α,β-unsaturated/α-hetero) is 1. The molecule has 0 aliphatic heterocycles. The van der Waals surface area contributed by atoms with Gasteiger partial charge in [-0.1, -0.05) is 29.8 Å². The average molecular weight is 285 g/mol. The summed E-state index contributed by atoms with van der Waals surface area (Å²) >= 11 is 5.86. The molecule has 0 aliphatic rings. The summed E-state index contributed by atoms with van der Waals surface area (Å²) in [6.07, 6.45) is -0.251. The molecule has 0 saturated carbocycles. The van der Waals surface area contributed by atoms with Gasteiger partial charge >= 0.3 is 0 Å². The van der Waals surface area contributed by atoms with Crippen molar-refractivity contribution in [2.24, 2.45) is 0 Å².